The van der Waals surface area contributed by atoms with Gasteiger partial charge in [0.2, 0.25) is 0 Å². The molecule has 1 N–H and O–H groups in total. The zero-order chi connectivity index (χ0) is 15.6. The van der Waals surface area contributed by atoms with E-state index in [4.69, 9.17) is 11.6 Å². The zero-order valence-corrected chi connectivity index (χ0v) is 14.7. The van der Waals surface area contributed by atoms with Crippen molar-refractivity contribution < 1.29 is 0 Å². The second kappa shape index (κ2) is 6.68. The highest BCUT2D eigenvalue weighted by atomic mass is 35.5. The predicted octanol–water partition coefficient (Wildman–Crippen LogP) is 4.50. The Bertz CT molecular complexity index is 449. The van der Waals surface area contributed by atoms with Crippen LogP contribution in [0.15, 0.2) is 24.3 Å². The molecule has 1 fully saturated rings. The minimum Gasteiger partial charge on any atom is -0.312 e. The lowest BCUT2D eigenvalue weighted by Gasteiger charge is -2.46. The maximum absolute atomic E-state index is 5.98. The van der Waals surface area contributed by atoms with Gasteiger partial charge >= 0.3 is 0 Å². The Balaban J connectivity index is 1.93. The van der Waals surface area contributed by atoms with Crippen molar-refractivity contribution in [2.45, 2.75) is 58.2 Å². The highest BCUT2D eigenvalue weighted by Crippen LogP contribution is 2.35. The summed E-state index contributed by atoms with van der Waals surface area (Å²) in [5.41, 5.74) is 1.55. The lowest BCUT2D eigenvalue weighted by molar-refractivity contribution is 0.0515. The summed E-state index contributed by atoms with van der Waals surface area (Å²) in [4.78, 5) is 2.53. The molecule has 0 amide bonds. The van der Waals surface area contributed by atoms with Crippen LogP contribution in [-0.4, -0.2) is 30.1 Å². The average molecular weight is 309 g/mol. The molecule has 1 aliphatic rings. The summed E-state index contributed by atoms with van der Waals surface area (Å²) >= 11 is 5.98. The minimum atomic E-state index is 0.209. The van der Waals surface area contributed by atoms with E-state index in [1.54, 1.807) is 0 Å². The van der Waals surface area contributed by atoms with Gasteiger partial charge in [0.1, 0.15) is 0 Å². The largest absolute Gasteiger partial charge is 0.312 e. The van der Waals surface area contributed by atoms with E-state index in [1.165, 1.54) is 18.4 Å². The summed E-state index contributed by atoms with van der Waals surface area (Å²) < 4.78 is 0. The van der Waals surface area contributed by atoms with Crippen molar-refractivity contribution in [3.8, 4) is 0 Å². The SMILES string of the molecule is CC(c1ccc(Cl)cc1)N(C)C1CCC1CNC(C)(C)C. The second-order valence-electron chi connectivity index (χ2n) is 7.43. The molecule has 1 saturated carbocycles. The molecule has 0 aromatic heterocycles. The first-order valence-corrected chi connectivity index (χ1v) is 8.38. The van der Waals surface area contributed by atoms with Crippen LogP contribution in [0.5, 0.6) is 0 Å². The van der Waals surface area contributed by atoms with Gasteiger partial charge in [-0.3, -0.25) is 4.90 Å². The first kappa shape index (κ1) is 16.8. The molecule has 2 nitrogen and oxygen atoms in total. The van der Waals surface area contributed by atoms with Gasteiger partial charge in [0.15, 0.2) is 0 Å². The van der Waals surface area contributed by atoms with Gasteiger partial charge in [-0.15, -0.1) is 0 Å². The van der Waals surface area contributed by atoms with Gasteiger partial charge < -0.3 is 5.32 Å². The topological polar surface area (TPSA) is 15.3 Å². The highest BCUT2D eigenvalue weighted by Gasteiger charge is 2.36. The van der Waals surface area contributed by atoms with E-state index in [0.29, 0.717) is 12.1 Å². The molecule has 3 heteroatoms. The number of halogens is 1. The van der Waals surface area contributed by atoms with Gasteiger partial charge in [-0.1, -0.05) is 23.7 Å². The molecule has 0 heterocycles. The van der Waals surface area contributed by atoms with Crippen molar-refractivity contribution in [2.75, 3.05) is 13.6 Å². The first-order valence-electron chi connectivity index (χ1n) is 8.00. The molecule has 3 unspecified atom stereocenters. The maximum atomic E-state index is 5.98. The van der Waals surface area contributed by atoms with Crippen LogP contribution in [0.2, 0.25) is 5.02 Å². The van der Waals surface area contributed by atoms with Crippen LogP contribution >= 0.6 is 11.6 Å². The summed E-state index contributed by atoms with van der Waals surface area (Å²) in [6.45, 7) is 10.1. The average Bonchev–Trinajstić information content (AvgIpc) is 2.36. The third-order valence-electron chi connectivity index (χ3n) is 4.76. The van der Waals surface area contributed by atoms with Crippen LogP contribution < -0.4 is 5.32 Å². The van der Waals surface area contributed by atoms with E-state index in [2.05, 4.69) is 57.1 Å². The van der Waals surface area contributed by atoms with Crippen molar-refractivity contribution >= 4 is 11.6 Å². The number of hydrogen-bond donors (Lipinski definition) is 1. The number of nitrogens with zero attached hydrogens (tertiary/aromatic N) is 1. The smallest absolute Gasteiger partial charge is 0.0406 e. The van der Waals surface area contributed by atoms with Gasteiger partial charge in [0.05, 0.1) is 0 Å². The van der Waals surface area contributed by atoms with Gasteiger partial charge in [0.25, 0.3) is 0 Å². The first-order chi connectivity index (χ1) is 9.78. The van der Waals surface area contributed by atoms with E-state index < -0.39 is 0 Å². The number of benzene rings is 1. The second-order valence-corrected chi connectivity index (χ2v) is 7.87. The molecule has 0 bridgehead atoms. The molecule has 0 saturated heterocycles. The monoisotopic (exact) mass is 308 g/mol. The van der Waals surface area contributed by atoms with Gasteiger partial charge in [0, 0.05) is 22.6 Å². The molecule has 0 radical (unpaired) electrons. The van der Waals surface area contributed by atoms with Crippen LogP contribution in [0.25, 0.3) is 0 Å². The Morgan fingerprint density at radius 1 is 1.24 bits per heavy atom. The minimum absolute atomic E-state index is 0.209. The van der Waals surface area contributed by atoms with Crippen molar-refractivity contribution in [3.63, 3.8) is 0 Å². The summed E-state index contributed by atoms with van der Waals surface area (Å²) in [7, 11) is 2.26. The molecule has 1 aliphatic carbocycles. The fourth-order valence-electron chi connectivity index (χ4n) is 3.03. The van der Waals surface area contributed by atoms with E-state index in [9.17, 15) is 0 Å². The third-order valence-corrected chi connectivity index (χ3v) is 5.01. The molecular weight excluding hydrogens is 280 g/mol. The Kier molecular flexibility index (Phi) is 5.34. The Morgan fingerprint density at radius 3 is 2.33 bits per heavy atom. The Labute approximate surface area is 134 Å². The normalized spacial score (nSPS) is 24.0. The Hall–Kier alpha value is -0.570. The molecule has 118 valence electrons. The standard InChI is InChI=1S/C18H29ClN2/c1-13(14-6-9-16(19)10-7-14)21(5)17-11-8-15(17)12-20-18(2,3)4/h6-7,9-10,13,15,17,20H,8,11-12H2,1-5H3. The molecule has 2 rings (SSSR count). The summed E-state index contributed by atoms with van der Waals surface area (Å²) in [5, 5.41) is 4.46. The lowest BCUT2D eigenvalue weighted by atomic mass is 9.77. The predicted molar refractivity (Wildman–Crippen MR) is 91.9 cm³/mol. The van der Waals surface area contributed by atoms with Crippen molar-refractivity contribution in [1.29, 1.82) is 0 Å². The fourth-order valence-corrected chi connectivity index (χ4v) is 3.15. The van der Waals surface area contributed by atoms with Crippen LogP contribution in [0.4, 0.5) is 0 Å². The molecule has 3 atom stereocenters. The van der Waals surface area contributed by atoms with E-state index in [1.807, 2.05) is 12.1 Å². The van der Waals surface area contributed by atoms with Crippen LogP contribution in [0.1, 0.15) is 52.1 Å². The molecular formula is C18H29ClN2. The summed E-state index contributed by atoms with van der Waals surface area (Å²) in [6.07, 6.45) is 2.65. The number of nitrogens with one attached hydrogen (secondary N) is 1. The summed E-state index contributed by atoms with van der Waals surface area (Å²) in [5.74, 6) is 0.768. The van der Waals surface area contributed by atoms with E-state index in [-0.39, 0.29) is 5.54 Å². The van der Waals surface area contributed by atoms with E-state index >= 15 is 0 Å². The van der Waals surface area contributed by atoms with Crippen molar-refractivity contribution in [3.05, 3.63) is 34.9 Å². The van der Waals surface area contributed by atoms with Gasteiger partial charge in [-0.25, -0.2) is 0 Å². The summed E-state index contributed by atoms with van der Waals surface area (Å²) in [6, 6.07) is 9.38. The van der Waals surface area contributed by atoms with Crippen molar-refractivity contribution in [1.82, 2.24) is 10.2 Å². The third kappa shape index (κ3) is 4.45. The van der Waals surface area contributed by atoms with Crippen LogP contribution in [-0.2, 0) is 0 Å². The number of hydrogen-bond acceptors (Lipinski definition) is 2. The molecule has 1 aromatic rings. The van der Waals surface area contributed by atoms with Crippen LogP contribution in [0.3, 0.4) is 0 Å². The van der Waals surface area contributed by atoms with Gasteiger partial charge in [-0.2, -0.15) is 0 Å². The lowest BCUT2D eigenvalue weighted by Crippen LogP contribution is -2.52. The van der Waals surface area contributed by atoms with Gasteiger partial charge in [-0.05, 0) is 77.7 Å². The molecule has 21 heavy (non-hydrogen) atoms. The fraction of sp³-hybridized carbons (Fsp3) is 0.667. The Morgan fingerprint density at radius 2 is 1.86 bits per heavy atom. The van der Waals surface area contributed by atoms with E-state index in [0.717, 1.165) is 17.5 Å². The zero-order valence-electron chi connectivity index (χ0n) is 14.0. The van der Waals surface area contributed by atoms with Crippen LogP contribution in [0, 0.1) is 5.92 Å². The maximum Gasteiger partial charge on any atom is 0.0406 e. The molecule has 0 aliphatic heterocycles. The molecule has 1 aromatic carbocycles. The number of rotatable bonds is 5. The van der Waals surface area contributed by atoms with Crippen molar-refractivity contribution in [2.24, 2.45) is 5.92 Å². The quantitative estimate of drug-likeness (QED) is 0.861. The molecule has 0 spiro atoms. The highest BCUT2D eigenvalue weighted by molar-refractivity contribution is 6.30.